The van der Waals surface area contributed by atoms with Crippen molar-refractivity contribution in [2.75, 3.05) is 13.1 Å². The van der Waals surface area contributed by atoms with Crippen molar-refractivity contribution < 1.29 is 15.2 Å². The monoisotopic (exact) mass is 444 g/mol. The quantitative estimate of drug-likeness (QED) is 0.160. The van der Waals surface area contributed by atoms with Crippen molar-refractivity contribution in [2.24, 2.45) is 5.41 Å². The van der Waals surface area contributed by atoms with Crippen LogP contribution < -0.4 is 5.32 Å². The second-order valence-corrected chi connectivity index (χ2v) is 10.5. The van der Waals surface area contributed by atoms with Crippen LogP contribution in [-0.4, -0.2) is 24.2 Å². The molecule has 0 aromatic rings. The summed E-state index contributed by atoms with van der Waals surface area (Å²) in [7, 11) is 0. The van der Waals surface area contributed by atoms with Gasteiger partial charge in [-0.25, -0.2) is 4.79 Å². The number of carbonyl (C=O) groups is 1. The minimum Gasteiger partial charge on any atom is -0.478 e. The number of carboxylic acid groups (broad SMARTS) is 1. The second kappa shape index (κ2) is 15.3. The van der Waals surface area contributed by atoms with Crippen molar-refractivity contribution in [3.8, 4) is 0 Å². The van der Waals surface area contributed by atoms with Crippen molar-refractivity contribution in [3.63, 3.8) is 0 Å². The molecule has 0 fully saturated rings. The van der Waals surface area contributed by atoms with Crippen LogP contribution in [0.3, 0.4) is 0 Å². The maximum absolute atomic E-state index is 11.1. The van der Waals surface area contributed by atoms with Gasteiger partial charge in [-0.3, -0.25) is 0 Å². The number of nitrogens with two attached hydrogens (primary N) is 1. The van der Waals surface area contributed by atoms with E-state index in [9.17, 15) is 4.79 Å². The Morgan fingerprint density at radius 2 is 1.75 bits per heavy atom. The Hall–Kier alpha value is -1.61. The molecule has 1 rings (SSSR count). The van der Waals surface area contributed by atoms with E-state index in [0.717, 1.165) is 44.3 Å². The highest BCUT2D eigenvalue weighted by atomic mass is 16.4. The molecule has 0 bridgehead atoms. The number of carboxylic acids is 1. The molecular formula is C29H50NO2+. The first-order chi connectivity index (χ1) is 15.2. The average Bonchev–Trinajstić information content (AvgIpc) is 2.69. The Balaban J connectivity index is 2.42. The Bertz CT molecular complexity index is 707. The van der Waals surface area contributed by atoms with Crippen LogP contribution in [-0.2, 0) is 4.79 Å². The predicted molar refractivity (Wildman–Crippen MR) is 138 cm³/mol. The van der Waals surface area contributed by atoms with E-state index in [4.69, 9.17) is 5.11 Å². The first-order valence-corrected chi connectivity index (χ1v) is 12.9. The fraction of sp³-hybridized carbons (Fsp3) is 0.690. The Morgan fingerprint density at radius 1 is 1.09 bits per heavy atom. The Labute approximate surface area is 198 Å². The van der Waals surface area contributed by atoms with Gasteiger partial charge in [-0.2, -0.15) is 0 Å². The van der Waals surface area contributed by atoms with Gasteiger partial charge in [0.15, 0.2) is 0 Å². The summed E-state index contributed by atoms with van der Waals surface area (Å²) >= 11 is 0. The normalized spacial score (nSPS) is 17.8. The van der Waals surface area contributed by atoms with Crippen LogP contribution in [0.25, 0.3) is 0 Å². The molecule has 3 heteroatoms. The molecule has 182 valence electrons. The number of hydrogen-bond donors (Lipinski definition) is 2. The van der Waals surface area contributed by atoms with Crippen LogP contribution in [0.1, 0.15) is 112 Å². The number of hydrogen-bond acceptors (Lipinski definition) is 1. The first-order valence-electron chi connectivity index (χ1n) is 12.9. The van der Waals surface area contributed by atoms with E-state index < -0.39 is 5.97 Å². The molecule has 0 atom stereocenters. The fourth-order valence-corrected chi connectivity index (χ4v) is 4.85. The summed E-state index contributed by atoms with van der Waals surface area (Å²) in [6.07, 6.45) is 18.8. The number of aliphatic carboxylic acids is 1. The lowest BCUT2D eigenvalue weighted by atomic mass is 9.71. The minimum absolute atomic E-state index is 0.379. The van der Waals surface area contributed by atoms with E-state index in [1.807, 2.05) is 0 Å². The first kappa shape index (κ1) is 28.4. The summed E-state index contributed by atoms with van der Waals surface area (Å²) in [4.78, 5) is 11.1. The third-order valence-corrected chi connectivity index (χ3v) is 6.94. The van der Waals surface area contributed by atoms with Gasteiger partial charge in [0.2, 0.25) is 0 Å². The lowest BCUT2D eigenvalue weighted by molar-refractivity contribution is -0.648. The standard InChI is InChI=1S/C29H49NO2/c1-7-8-20-30-22-26(21-28(31)32)16-10-14-23(2)12-9-13-24(3)17-18-27-25(4)15-11-19-29(27,5)6/h13-14,21,30H,7-12,15-20,22H2,1-6H3,(H,31,32)/p+1/b23-14+,24-13+,26-21-. The van der Waals surface area contributed by atoms with E-state index in [2.05, 4.69) is 59.0 Å². The molecule has 1 aliphatic carbocycles. The molecule has 3 N–H and O–H groups in total. The number of allylic oxidation sites excluding steroid dienone is 6. The molecule has 32 heavy (non-hydrogen) atoms. The van der Waals surface area contributed by atoms with Gasteiger partial charge in [0.25, 0.3) is 0 Å². The maximum atomic E-state index is 11.1. The van der Waals surface area contributed by atoms with Crippen molar-refractivity contribution in [1.82, 2.24) is 0 Å². The zero-order valence-electron chi connectivity index (χ0n) is 21.9. The fourth-order valence-electron chi connectivity index (χ4n) is 4.85. The molecule has 0 amide bonds. The van der Waals surface area contributed by atoms with Crippen LogP contribution in [0, 0.1) is 5.41 Å². The van der Waals surface area contributed by atoms with Gasteiger partial charge in [-0.1, -0.05) is 61.6 Å². The lowest BCUT2D eigenvalue weighted by Crippen LogP contribution is -2.84. The number of rotatable bonds is 15. The Morgan fingerprint density at radius 3 is 2.38 bits per heavy atom. The van der Waals surface area contributed by atoms with Crippen molar-refractivity contribution in [2.45, 2.75) is 112 Å². The number of unbranched alkanes of at least 4 members (excludes halogenated alkanes) is 1. The molecule has 0 saturated carbocycles. The molecule has 0 aliphatic heterocycles. The van der Waals surface area contributed by atoms with Crippen molar-refractivity contribution in [3.05, 3.63) is 46.1 Å². The predicted octanol–water partition coefficient (Wildman–Crippen LogP) is 7.12. The van der Waals surface area contributed by atoms with Gasteiger partial charge in [-0.05, 0) is 96.0 Å². The topological polar surface area (TPSA) is 53.9 Å². The van der Waals surface area contributed by atoms with Crippen LogP contribution in [0.15, 0.2) is 46.1 Å². The summed E-state index contributed by atoms with van der Waals surface area (Å²) in [6.45, 7) is 15.7. The van der Waals surface area contributed by atoms with Gasteiger partial charge >= 0.3 is 5.97 Å². The summed E-state index contributed by atoms with van der Waals surface area (Å²) in [6, 6.07) is 0. The highest BCUT2D eigenvalue weighted by Crippen LogP contribution is 2.42. The zero-order chi connectivity index (χ0) is 24.0. The third-order valence-electron chi connectivity index (χ3n) is 6.94. The highest BCUT2D eigenvalue weighted by Gasteiger charge is 2.27. The van der Waals surface area contributed by atoms with Crippen molar-refractivity contribution in [1.29, 1.82) is 0 Å². The molecule has 0 spiro atoms. The maximum Gasteiger partial charge on any atom is 0.328 e. The minimum atomic E-state index is -0.826. The van der Waals surface area contributed by atoms with Gasteiger partial charge in [0, 0.05) is 6.08 Å². The molecule has 0 aromatic heterocycles. The molecule has 3 nitrogen and oxygen atoms in total. The summed E-state index contributed by atoms with van der Waals surface area (Å²) < 4.78 is 0. The summed E-state index contributed by atoms with van der Waals surface area (Å²) in [5.74, 6) is -0.826. The van der Waals surface area contributed by atoms with E-state index >= 15 is 0 Å². The second-order valence-electron chi connectivity index (χ2n) is 10.5. The highest BCUT2D eigenvalue weighted by molar-refractivity contribution is 5.80. The third kappa shape index (κ3) is 11.9. The molecule has 1 aliphatic rings. The molecular weight excluding hydrogens is 394 g/mol. The largest absolute Gasteiger partial charge is 0.478 e. The van der Waals surface area contributed by atoms with Gasteiger partial charge in [0.1, 0.15) is 0 Å². The van der Waals surface area contributed by atoms with E-state index in [1.165, 1.54) is 62.2 Å². The summed E-state index contributed by atoms with van der Waals surface area (Å²) in [5.41, 5.74) is 7.66. The van der Waals surface area contributed by atoms with Crippen LogP contribution in [0.4, 0.5) is 0 Å². The van der Waals surface area contributed by atoms with Crippen LogP contribution >= 0.6 is 0 Å². The van der Waals surface area contributed by atoms with Gasteiger partial charge in [-0.15, -0.1) is 0 Å². The summed E-state index contributed by atoms with van der Waals surface area (Å²) in [5, 5.41) is 11.3. The Kier molecular flexibility index (Phi) is 13.6. The van der Waals surface area contributed by atoms with E-state index in [0.29, 0.717) is 5.41 Å². The van der Waals surface area contributed by atoms with Crippen LogP contribution in [0.5, 0.6) is 0 Å². The molecule has 0 radical (unpaired) electrons. The van der Waals surface area contributed by atoms with Gasteiger partial charge in [0.05, 0.1) is 13.1 Å². The zero-order valence-corrected chi connectivity index (χ0v) is 21.9. The molecule has 0 saturated heterocycles. The smallest absolute Gasteiger partial charge is 0.328 e. The van der Waals surface area contributed by atoms with Crippen LogP contribution in [0.2, 0.25) is 0 Å². The molecule has 0 heterocycles. The number of quaternary nitrogens is 1. The van der Waals surface area contributed by atoms with Gasteiger partial charge < -0.3 is 10.4 Å². The SMILES string of the molecule is CCCC[NH2+]C/C(=C\C(=O)O)CC/C=C(\C)CC/C=C(\C)CCC1=C(C)CCCC1(C)C. The lowest BCUT2D eigenvalue weighted by Gasteiger charge is -2.35. The van der Waals surface area contributed by atoms with Crippen molar-refractivity contribution >= 4 is 5.97 Å². The van der Waals surface area contributed by atoms with E-state index in [-0.39, 0.29) is 0 Å². The molecule has 0 unspecified atom stereocenters. The molecule has 0 aromatic carbocycles. The van der Waals surface area contributed by atoms with E-state index in [1.54, 1.807) is 11.1 Å². The average molecular weight is 445 g/mol.